The smallest absolute Gasteiger partial charge is 0.386 e. The van der Waals surface area contributed by atoms with Crippen molar-refractivity contribution in [2.75, 3.05) is 18.0 Å². The summed E-state index contributed by atoms with van der Waals surface area (Å²) in [7, 11) is 0. The van der Waals surface area contributed by atoms with E-state index in [0.717, 1.165) is 5.69 Å². The number of nitriles is 1. The van der Waals surface area contributed by atoms with Crippen LogP contribution < -0.4 is 4.90 Å². The van der Waals surface area contributed by atoms with Gasteiger partial charge in [0.2, 0.25) is 0 Å². The molecule has 1 aliphatic rings. The molecule has 0 unspecified atom stereocenters. The lowest BCUT2D eigenvalue weighted by atomic mass is 9.93. The van der Waals surface area contributed by atoms with Gasteiger partial charge in [0.15, 0.2) is 0 Å². The second-order valence-electron chi connectivity index (χ2n) is 5.52. The van der Waals surface area contributed by atoms with Crippen LogP contribution in [0.25, 0.3) is 0 Å². The van der Waals surface area contributed by atoms with Crippen LogP contribution in [-0.4, -0.2) is 31.2 Å². The molecule has 0 spiro atoms. The molecule has 1 aromatic rings. The van der Waals surface area contributed by atoms with E-state index in [1.54, 1.807) is 12.1 Å². The summed E-state index contributed by atoms with van der Waals surface area (Å²) < 4.78 is 39.9. The highest BCUT2D eigenvalue weighted by molar-refractivity contribution is 5.88. The Labute approximate surface area is 136 Å². The second-order valence-corrected chi connectivity index (χ2v) is 5.52. The van der Waals surface area contributed by atoms with E-state index in [9.17, 15) is 22.8 Å². The highest BCUT2D eigenvalue weighted by Crippen LogP contribution is 2.28. The molecule has 1 aromatic carbocycles. The van der Waals surface area contributed by atoms with Crippen molar-refractivity contribution in [2.24, 2.45) is 5.92 Å². The largest absolute Gasteiger partial charge is 0.491 e. The number of anilines is 1. The maximum absolute atomic E-state index is 12.0. The quantitative estimate of drug-likeness (QED) is 0.625. The predicted molar refractivity (Wildman–Crippen MR) is 77.9 cm³/mol. The van der Waals surface area contributed by atoms with Crippen molar-refractivity contribution in [2.45, 2.75) is 25.4 Å². The molecule has 0 radical (unpaired) electrons. The Balaban J connectivity index is 1.86. The molecule has 128 valence electrons. The van der Waals surface area contributed by atoms with Gasteiger partial charge in [-0.3, -0.25) is 4.79 Å². The van der Waals surface area contributed by atoms with E-state index in [0.29, 0.717) is 31.5 Å². The molecule has 0 aliphatic carbocycles. The van der Waals surface area contributed by atoms with Crippen molar-refractivity contribution in [1.82, 2.24) is 0 Å². The summed E-state index contributed by atoms with van der Waals surface area (Å²) in [6.07, 6.45) is -4.26. The van der Waals surface area contributed by atoms with Crippen LogP contribution in [-0.2, 0) is 14.3 Å². The fourth-order valence-corrected chi connectivity index (χ4v) is 2.66. The number of hydrogen-bond acceptors (Lipinski definition) is 5. The molecule has 1 aliphatic heterocycles. The molecule has 1 fully saturated rings. The van der Waals surface area contributed by atoms with Crippen LogP contribution in [0.2, 0.25) is 0 Å². The van der Waals surface area contributed by atoms with E-state index in [4.69, 9.17) is 5.26 Å². The van der Waals surface area contributed by atoms with Gasteiger partial charge >= 0.3 is 18.1 Å². The highest BCUT2D eigenvalue weighted by Gasteiger charge is 2.42. The number of benzene rings is 1. The van der Waals surface area contributed by atoms with Crippen LogP contribution in [0.1, 0.15) is 24.8 Å². The average molecular weight is 340 g/mol. The van der Waals surface area contributed by atoms with E-state index < -0.39 is 18.1 Å². The van der Waals surface area contributed by atoms with E-state index in [2.05, 4.69) is 10.8 Å². The molecule has 0 aromatic heterocycles. The van der Waals surface area contributed by atoms with E-state index >= 15 is 0 Å². The lowest BCUT2D eigenvalue weighted by Gasteiger charge is -2.33. The van der Waals surface area contributed by atoms with Crippen LogP contribution >= 0.6 is 0 Å². The number of alkyl halides is 3. The van der Waals surface area contributed by atoms with Crippen LogP contribution in [0.15, 0.2) is 24.3 Å². The lowest BCUT2D eigenvalue weighted by molar-refractivity contribution is -0.202. The maximum atomic E-state index is 12.0. The maximum Gasteiger partial charge on any atom is 0.491 e. The number of esters is 2. The molecule has 1 saturated heterocycles. The number of carbonyl (C=O) groups is 2. The highest BCUT2D eigenvalue weighted by atomic mass is 19.4. The topological polar surface area (TPSA) is 70.4 Å². The van der Waals surface area contributed by atoms with Gasteiger partial charge in [-0.25, -0.2) is 4.79 Å². The zero-order chi connectivity index (χ0) is 17.7. The van der Waals surface area contributed by atoms with Gasteiger partial charge in [0, 0.05) is 19.5 Å². The summed E-state index contributed by atoms with van der Waals surface area (Å²) >= 11 is 0. The first kappa shape index (κ1) is 17.8. The summed E-state index contributed by atoms with van der Waals surface area (Å²) in [6, 6.07) is 9.24. The molecule has 0 bridgehead atoms. The minimum Gasteiger partial charge on any atom is -0.386 e. The standard InChI is InChI=1S/C16H15F3N2O3/c17-16(18,19)15(23)24-14(22)9-11-5-7-21(8-6-11)13-4-2-1-3-12(13)10-20/h1-4,11H,5-9H2. The number of ether oxygens (including phenoxy) is 1. The Hall–Kier alpha value is -2.56. The van der Waals surface area contributed by atoms with Gasteiger partial charge in [-0.2, -0.15) is 18.4 Å². The number of carbonyl (C=O) groups excluding carboxylic acids is 2. The molecule has 5 nitrogen and oxygen atoms in total. The van der Waals surface area contributed by atoms with Gasteiger partial charge < -0.3 is 9.64 Å². The third kappa shape index (κ3) is 4.47. The third-order valence-electron chi connectivity index (χ3n) is 3.87. The monoisotopic (exact) mass is 340 g/mol. The summed E-state index contributed by atoms with van der Waals surface area (Å²) in [4.78, 5) is 24.0. The summed E-state index contributed by atoms with van der Waals surface area (Å²) in [5.41, 5.74) is 1.35. The minimum absolute atomic E-state index is 0.149. The van der Waals surface area contributed by atoms with Crippen molar-refractivity contribution in [3.8, 4) is 6.07 Å². The van der Waals surface area contributed by atoms with Gasteiger partial charge in [0.25, 0.3) is 0 Å². The minimum atomic E-state index is -5.17. The Morgan fingerprint density at radius 3 is 2.46 bits per heavy atom. The summed E-state index contributed by atoms with van der Waals surface area (Å²) in [6.45, 7) is 1.15. The first-order valence-electron chi connectivity index (χ1n) is 7.37. The number of nitrogens with zero attached hydrogens (tertiary/aromatic N) is 2. The first-order chi connectivity index (χ1) is 11.3. The Kier molecular flexibility index (Phi) is 5.44. The molecule has 2 rings (SSSR count). The number of halogens is 3. The number of para-hydroxylation sites is 1. The fourth-order valence-electron chi connectivity index (χ4n) is 2.66. The van der Waals surface area contributed by atoms with Crippen LogP contribution in [0.4, 0.5) is 18.9 Å². The third-order valence-corrected chi connectivity index (χ3v) is 3.87. The molecular weight excluding hydrogens is 325 g/mol. The molecular formula is C16H15F3N2O3. The number of piperidine rings is 1. The van der Waals surface area contributed by atoms with Crippen molar-refractivity contribution < 1.29 is 27.5 Å². The number of rotatable bonds is 3. The van der Waals surface area contributed by atoms with E-state index in [-0.39, 0.29) is 12.3 Å². The van der Waals surface area contributed by atoms with Crippen molar-refractivity contribution in [3.05, 3.63) is 29.8 Å². The van der Waals surface area contributed by atoms with E-state index in [1.807, 2.05) is 17.0 Å². The zero-order valence-electron chi connectivity index (χ0n) is 12.7. The second kappa shape index (κ2) is 7.34. The van der Waals surface area contributed by atoms with Crippen LogP contribution in [0.5, 0.6) is 0 Å². The molecule has 0 saturated carbocycles. The average Bonchev–Trinajstić information content (AvgIpc) is 2.54. The Morgan fingerprint density at radius 1 is 1.25 bits per heavy atom. The van der Waals surface area contributed by atoms with Gasteiger partial charge in [0.1, 0.15) is 6.07 Å². The van der Waals surface area contributed by atoms with E-state index in [1.165, 1.54) is 0 Å². The van der Waals surface area contributed by atoms with Gasteiger partial charge in [-0.1, -0.05) is 12.1 Å². The van der Waals surface area contributed by atoms with Crippen molar-refractivity contribution >= 4 is 17.6 Å². The molecule has 1 heterocycles. The summed E-state index contributed by atoms with van der Waals surface area (Å²) in [5.74, 6) is -3.79. The Bertz CT molecular complexity index is 659. The molecule has 0 N–H and O–H groups in total. The zero-order valence-corrected chi connectivity index (χ0v) is 12.7. The van der Waals surface area contributed by atoms with Crippen LogP contribution in [0.3, 0.4) is 0 Å². The number of hydrogen-bond donors (Lipinski definition) is 0. The van der Waals surface area contributed by atoms with Gasteiger partial charge in [-0.15, -0.1) is 0 Å². The molecule has 8 heteroatoms. The van der Waals surface area contributed by atoms with Crippen molar-refractivity contribution in [1.29, 1.82) is 5.26 Å². The van der Waals surface area contributed by atoms with Crippen LogP contribution in [0, 0.1) is 17.2 Å². The van der Waals surface area contributed by atoms with Gasteiger partial charge in [0.05, 0.1) is 11.3 Å². The molecule has 24 heavy (non-hydrogen) atoms. The fraction of sp³-hybridized carbons (Fsp3) is 0.438. The first-order valence-corrected chi connectivity index (χ1v) is 7.37. The molecule has 0 atom stereocenters. The normalized spacial score (nSPS) is 15.7. The predicted octanol–water partition coefficient (Wildman–Crippen LogP) is 2.80. The van der Waals surface area contributed by atoms with Crippen molar-refractivity contribution in [3.63, 3.8) is 0 Å². The lowest BCUT2D eigenvalue weighted by Crippen LogP contribution is -2.35. The summed E-state index contributed by atoms with van der Waals surface area (Å²) in [5, 5.41) is 9.11. The van der Waals surface area contributed by atoms with Gasteiger partial charge in [-0.05, 0) is 30.9 Å². The molecule has 0 amide bonds. The Morgan fingerprint density at radius 2 is 1.88 bits per heavy atom. The SMILES string of the molecule is N#Cc1ccccc1N1CCC(CC(=O)OC(=O)C(F)(F)F)CC1.